The van der Waals surface area contributed by atoms with Crippen molar-refractivity contribution in [1.82, 2.24) is 9.78 Å². The van der Waals surface area contributed by atoms with Gasteiger partial charge in [-0.05, 0) is 48.0 Å². The number of nitrogens with zero attached hydrogens (tertiary/aromatic N) is 2. The zero-order chi connectivity index (χ0) is 13.1. The summed E-state index contributed by atoms with van der Waals surface area (Å²) in [5, 5.41) is 5.71. The smallest absolute Gasteiger partial charge is 0.0738 e. The van der Waals surface area contributed by atoms with Gasteiger partial charge in [0.2, 0.25) is 0 Å². The molecule has 0 saturated heterocycles. The zero-order valence-corrected chi connectivity index (χ0v) is 14.4. The van der Waals surface area contributed by atoms with Crippen molar-refractivity contribution in [2.24, 2.45) is 11.8 Å². The summed E-state index contributed by atoms with van der Waals surface area (Å²) in [5.41, 5.74) is 2.50. The summed E-state index contributed by atoms with van der Waals surface area (Å²) >= 11 is 7.43. The molecule has 1 aromatic rings. The molecule has 0 radical (unpaired) electrons. The van der Waals surface area contributed by atoms with Gasteiger partial charge in [0.1, 0.15) is 0 Å². The lowest BCUT2D eigenvalue weighted by atomic mass is 9.88. The maximum Gasteiger partial charge on any atom is 0.0738 e. The van der Waals surface area contributed by atoms with E-state index in [1.807, 2.05) is 0 Å². The Morgan fingerprint density at radius 3 is 2.61 bits per heavy atom. The molecular weight excluding hydrogens is 356 g/mol. The Labute approximate surface area is 127 Å². The van der Waals surface area contributed by atoms with Gasteiger partial charge < -0.3 is 0 Å². The Bertz CT molecular complexity index is 395. The number of hydrogen-bond acceptors (Lipinski definition) is 1. The lowest BCUT2D eigenvalue weighted by Gasteiger charge is -2.21. The van der Waals surface area contributed by atoms with Gasteiger partial charge in [-0.2, -0.15) is 5.10 Å². The summed E-state index contributed by atoms with van der Waals surface area (Å²) in [4.78, 5) is 0. The van der Waals surface area contributed by atoms with Crippen molar-refractivity contribution in [3.8, 4) is 0 Å². The van der Waals surface area contributed by atoms with E-state index in [0.29, 0.717) is 0 Å². The summed E-state index contributed by atoms with van der Waals surface area (Å²) in [6.07, 6.45) is 6.80. The van der Waals surface area contributed by atoms with Crippen molar-refractivity contribution >= 4 is 31.9 Å². The molecule has 1 aliphatic carbocycles. The lowest BCUT2D eigenvalue weighted by molar-refractivity contribution is 0.363. The van der Waals surface area contributed by atoms with Crippen molar-refractivity contribution < 1.29 is 0 Å². The molecule has 1 saturated carbocycles. The van der Waals surface area contributed by atoms with Gasteiger partial charge in [0, 0.05) is 11.9 Å². The number of alkyl halides is 1. The van der Waals surface area contributed by atoms with Crippen LogP contribution in [0.2, 0.25) is 0 Å². The highest BCUT2D eigenvalue weighted by Crippen LogP contribution is 2.35. The van der Waals surface area contributed by atoms with Crippen molar-refractivity contribution in [1.29, 1.82) is 0 Å². The van der Waals surface area contributed by atoms with Crippen LogP contribution in [0.25, 0.3) is 0 Å². The molecule has 0 aromatic carbocycles. The minimum atomic E-state index is 0.755. The summed E-state index contributed by atoms with van der Waals surface area (Å²) in [6.45, 7) is 5.21. The molecule has 0 N–H and O–H groups in total. The van der Waals surface area contributed by atoms with E-state index in [1.165, 1.54) is 35.8 Å². The van der Waals surface area contributed by atoms with Gasteiger partial charge in [-0.15, -0.1) is 0 Å². The predicted octanol–water partition coefficient (Wildman–Crippen LogP) is 4.72. The van der Waals surface area contributed by atoms with Gasteiger partial charge in [0.25, 0.3) is 0 Å². The minimum absolute atomic E-state index is 0.755. The number of aryl methyl sites for hydroxylation is 2. The van der Waals surface area contributed by atoms with E-state index in [0.717, 1.165) is 35.8 Å². The van der Waals surface area contributed by atoms with Crippen molar-refractivity contribution in [3.05, 3.63) is 15.9 Å². The van der Waals surface area contributed by atoms with Gasteiger partial charge >= 0.3 is 0 Å². The molecule has 1 aliphatic rings. The number of hydrogen-bond donors (Lipinski definition) is 0. The molecule has 0 amide bonds. The van der Waals surface area contributed by atoms with E-state index in [4.69, 9.17) is 0 Å². The van der Waals surface area contributed by atoms with E-state index in [9.17, 15) is 0 Å². The van der Waals surface area contributed by atoms with Crippen molar-refractivity contribution in [2.75, 3.05) is 5.33 Å². The van der Waals surface area contributed by atoms with E-state index in [-0.39, 0.29) is 0 Å². The molecule has 0 bridgehead atoms. The van der Waals surface area contributed by atoms with Crippen LogP contribution >= 0.6 is 31.9 Å². The average molecular weight is 378 g/mol. The van der Waals surface area contributed by atoms with Gasteiger partial charge in [-0.1, -0.05) is 41.6 Å². The second-order valence-electron chi connectivity index (χ2n) is 5.32. The number of rotatable bonds is 5. The van der Waals surface area contributed by atoms with Gasteiger partial charge in [0.05, 0.1) is 15.9 Å². The number of halogens is 2. The van der Waals surface area contributed by atoms with Gasteiger partial charge in [0.15, 0.2) is 0 Å². The first kappa shape index (κ1) is 14.6. The molecule has 18 heavy (non-hydrogen) atoms. The molecule has 4 heteroatoms. The Hall–Kier alpha value is 0.170. The molecule has 0 aliphatic heterocycles. The highest BCUT2D eigenvalue weighted by molar-refractivity contribution is 9.10. The van der Waals surface area contributed by atoms with Crippen LogP contribution in [-0.2, 0) is 13.0 Å². The van der Waals surface area contributed by atoms with Crippen molar-refractivity contribution in [2.45, 2.75) is 52.5 Å². The first-order valence-corrected chi connectivity index (χ1v) is 8.86. The zero-order valence-electron chi connectivity index (χ0n) is 11.3. The molecule has 1 heterocycles. The van der Waals surface area contributed by atoms with Crippen LogP contribution in [-0.4, -0.2) is 15.1 Å². The SMILES string of the molecule is CCn1nc(C)c(Br)c1CC(CBr)C1CCCC1. The fraction of sp³-hybridized carbons (Fsp3) is 0.786. The molecule has 0 spiro atoms. The Kier molecular flexibility index (Phi) is 5.31. The maximum atomic E-state index is 4.60. The van der Waals surface area contributed by atoms with Crippen LogP contribution in [0, 0.1) is 18.8 Å². The third-order valence-corrected chi connectivity index (χ3v) is 6.04. The summed E-state index contributed by atoms with van der Waals surface area (Å²) < 4.78 is 3.37. The Balaban J connectivity index is 2.15. The highest BCUT2D eigenvalue weighted by atomic mass is 79.9. The van der Waals surface area contributed by atoms with Crippen molar-refractivity contribution in [3.63, 3.8) is 0 Å². The lowest BCUT2D eigenvalue weighted by Crippen LogP contribution is -2.18. The van der Waals surface area contributed by atoms with E-state index in [1.54, 1.807) is 0 Å². The third kappa shape index (κ3) is 3.01. The molecular formula is C14H22Br2N2. The van der Waals surface area contributed by atoms with Crippen LogP contribution in [0.4, 0.5) is 0 Å². The molecule has 1 fully saturated rings. The molecule has 102 valence electrons. The van der Waals surface area contributed by atoms with Gasteiger partial charge in [-0.3, -0.25) is 4.68 Å². The largest absolute Gasteiger partial charge is 0.268 e. The first-order chi connectivity index (χ1) is 8.67. The highest BCUT2D eigenvalue weighted by Gasteiger charge is 2.26. The first-order valence-electron chi connectivity index (χ1n) is 6.95. The molecule has 2 nitrogen and oxygen atoms in total. The summed E-state index contributed by atoms with van der Waals surface area (Å²) in [7, 11) is 0. The normalized spacial score (nSPS) is 18.4. The monoisotopic (exact) mass is 376 g/mol. The molecule has 1 atom stereocenters. The second-order valence-corrected chi connectivity index (χ2v) is 6.77. The number of aromatic nitrogens is 2. The Morgan fingerprint density at radius 1 is 1.39 bits per heavy atom. The average Bonchev–Trinajstić information content (AvgIpc) is 2.98. The van der Waals surface area contributed by atoms with E-state index < -0.39 is 0 Å². The van der Waals surface area contributed by atoms with Crippen LogP contribution in [0.15, 0.2) is 4.47 Å². The minimum Gasteiger partial charge on any atom is -0.268 e. The van der Waals surface area contributed by atoms with Crippen LogP contribution in [0.5, 0.6) is 0 Å². The van der Waals surface area contributed by atoms with Gasteiger partial charge in [-0.25, -0.2) is 0 Å². The molecule has 1 unspecified atom stereocenters. The van der Waals surface area contributed by atoms with Crippen LogP contribution in [0.3, 0.4) is 0 Å². The molecule has 1 aromatic heterocycles. The quantitative estimate of drug-likeness (QED) is 0.679. The third-order valence-electron chi connectivity index (χ3n) is 4.17. The van der Waals surface area contributed by atoms with Crippen LogP contribution in [0.1, 0.15) is 44.0 Å². The Morgan fingerprint density at radius 2 is 2.06 bits per heavy atom. The predicted molar refractivity (Wildman–Crippen MR) is 83.3 cm³/mol. The van der Waals surface area contributed by atoms with E-state index >= 15 is 0 Å². The second kappa shape index (κ2) is 6.56. The topological polar surface area (TPSA) is 17.8 Å². The summed E-state index contributed by atoms with van der Waals surface area (Å²) in [5.74, 6) is 1.65. The fourth-order valence-corrected chi connectivity index (χ4v) is 4.29. The van der Waals surface area contributed by atoms with E-state index in [2.05, 4.69) is 55.5 Å². The van der Waals surface area contributed by atoms with Crippen LogP contribution < -0.4 is 0 Å². The summed E-state index contributed by atoms with van der Waals surface area (Å²) in [6, 6.07) is 0. The standard InChI is InChI=1S/C14H22Br2N2/c1-3-18-13(14(16)10(2)17-18)8-12(9-15)11-6-4-5-7-11/h11-12H,3-9H2,1-2H3. The molecule has 2 rings (SSSR count). The maximum absolute atomic E-state index is 4.60. The fourth-order valence-electron chi connectivity index (χ4n) is 3.09.